The van der Waals surface area contributed by atoms with Crippen molar-refractivity contribution in [3.8, 4) is 0 Å². The number of halogens is 2. The van der Waals surface area contributed by atoms with E-state index in [0.717, 1.165) is 38.0 Å². The molecule has 0 N–H and O–H groups in total. The quantitative estimate of drug-likeness (QED) is 0.723. The fraction of sp³-hybridized carbons (Fsp3) is 0.316. The van der Waals surface area contributed by atoms with Crippen LogP contribution >= 0.6 is 24.0 Å². The summed E-state index contributed by atoms with van der Waals surface area (Å²) in [7, 11) is 0. The van der Waals surface area contributed by atoms with E-state index in [2.05, 4.69) is 29.2 Å². The highest BCUT2D eigenvalue weighted by Gasteiger charge is 2.15. The van der Waals surface area contributed by atoms with E-state index >= 15 is 0 Å². The number of fused-ring (bicyclic) bond motifs is 1. The van der Waals surface area contributed by atoms with Gasteiger partial charge in [-0.15, -0.1) is 12.4 Å². The van der Waals surface area contributed by atoms with Gasteiger partial charge < -0.3 is 0 Å². The first-order valence-electron chi connectivity index (χ1n) is 7.80. The lowest BCUT2D eigenvalue weighted by atomic mass is 9.99. The second-order valence-electron chi connectivity index (χ2n) is 5.83. The lowest BCUT2D eigenvalue weighted by Gasteiger charge is -2.28. The molecule has 2 aromatic rings. The molecule has 0 unspecified atom stereocenters. The van der Waals surface area contributed by atoms with Gasteiger partial charge in [0.2, 0.25) is 0 Å². The Morgan fingerprint density at radius 2 is 1.74 bits per heavy atom. The summed E-state index contributed by atoms with van der Waals surface area (Å²) >= 11 is 5.85. The zero-order valence-electron chi connectivity index (χ0n) is 13.0. The van der Waals surface area contributed by atoms with E-state index < -0.39 is 0 Å². The van der Waals surface area contributed by atoms with Gasteiger partial charge in [-0.25, -0.2) is 0 Å². The smallest absolute Gasteiger partial charge is 0.162 e. The van der Waals surface area contributed by atoms with Crippen LogP contribution in [-0.2, 0) is 13.0 Å². The summed E-state index contributed by atoms with van der Waals surface area (Å²) in [5, 5.41) is 0.670. The highest BCUT2D eigenvalue weighted by Crippen LogP contribution is 2.19. The Hall–Kier alpha value is -1.35. The molecule has 1 heterocycles. The van der Waals surface area contributed by atoms with Crippen molar-refractivity contribution >= 4 is 29.8 Å². The average Bonchev–Trinajstić information content (AvgIpc) is 2.55. The summed E-state index contributed by atoms with van der Waals surface area (Å²) in [6, 6.07) is 15.8. The molecule has 0 aliphatic carbocycles. The molecule has 3 rings (SSSR count). The molecule has 0 amide bonds. The number of ketones is 1. The molecule has 0 fully saturated rings. The third-order valence-corrected chi connectivity index (χ3v) is 4.51. The summed E-state index contributed by atoms with van der Waals surface area (Å²) in [6.45, 7) is 3.07. The van der Waals surface area contributed by atoms with Gasteiger partial charge in [-0.3, -0.25) is 9.69 Å². The number of benzene rings is 2. The molecule has 2 nitrogen and oxygen atoms in total. The van der Waals surface area contributed by atoms with Crippen molar-refractivity contribution in [2.75, 3.05) is 13.1 Å². The molecular formula is C19H21Cl2NO. The van der Waals surface area contributed by atoms with Crippen molar-refractivity contribution in [1.29, 1.82) is 0 Å². The van der Waals surface area contributed by atoms with Gasteiger partial charge in [-0.05, 0) is 54.8 Å². The minimum absolute atomic E-state index is 0. The zero-order valence-corrected chi connectivity index (χ0v) is 14.6. The summed E-state index contributed by atoms with van der Waals surface area (Å²) in [6.07, 6.45) is 2.62. The highest BCUT2D eigenvalue weighted by atomic mass is 35.5. The number of nitrogens with zero attached hydrogens (tertiary/aromatic N) is 1. The summed E-state index contributed by atoms with van der Waals surface area (Å²) in [5.74, 6) is 0.203. The van der Waals surface area contributed by atoms with Crippen LogP contribution in [0.15, 0.2) is 48.5 Å². The van der Waals surface area contributed by atoms with E-state index in [-0.39, 0.29) is 18.2 Å². The monoisotopic (exact) mass is 349 g/mol. The van der Waals surface area contributed by atoms with Crippen LogP contribution in [0.2, 0.25) is 5.02 Å². The fourth-order valence-corrected chi connectivity index (χ4v) is 3.11. The third-order valence-electron chi connectivity index (χ3n) is 4.25. The summed E-state index contributed by atoms with van der Waals surface area (Å²) < 4.78 is 0. The van der Waals surface area contributed by atoms with Crippen molar-refractivity contribution in [3.63, 3.8) is 0 Å². The first-order chi connectivity index (χ1) is 10.7. The number of Topliss-reactive ketones (excluding diaryl/α,β-unsaturated/α-hetero) is 1. The molecule has 0 saturated heterocycles. The highest BCUT2D eigenvalue weighted by molar-refractivity contribution is 6.30. The van der Waals surface area contributed by atoms with Gasteiger partial charge in [0.15, 0.2) is 5.78 Å². The maximum atomic E-state index is 12.1. The molecule has 1 aliphatic rings. The Labute approximate surface area is 148 Å². The van der Waals surface area contributed by atoms with Crippen molar-refractivity contribution in [2.24, 2.45) is 0 Å². The molecule has 23 heavy (non-hydrogen) atoms. The number of rotatable bonds is 5. The van der Waals surface area contributed by atoms with E-state index in [1.165, 1.54) is 11.1 Å². The molecule has 4 heteroatoms. The van der Waals surface area contributed by atoms with E-state index in [4.69, 9.17) is 11.6 Å². The zero-order chi connectivity index (χ0) is 15.4. The molecule has 0 aromatic heterocycles. The van der Waals surface area contributed by atoms with Crippen LogP contribution in [0, 0.1) is 0 Å². The van der Waals surface area contributed by atoms with Gasteiger partial charge in [-0.2, -0.15) is 0 Å². The van der Waals surface area contributed by atoms with Crippen LogP contribution < -0.4 is 0 Å². The van der Waals surface area contributed by atoms with E-state index in [1.807, 2.05) is 12.1 Å². The topological polar surface area (TPSA) is 20.3 Å². The molecule has 122 valence electrons. The number of carbonyl (C=O) groups excluding carboxylic acids is 1. The van der Waals surface area contributed by atoms with Crippen molar-refractivity contribution in [2.45, 2.75) is 25.8 Å². The van der Waals surface area contributed by atoms with Crippen molar-refractivity contribution in [3.05, 3.63) is 70.2 Å². The second kappa shape index (κ2) is 8.49. The number of hydrogen-bond acceptors (Lipinski definition) is 2. The standard InChI is InChI=1S/C19H20ClNO.ClH/c20-18-9-7-16(8-10-18)19(22)6-3-12-21-13-11-15-4-1-2-5-17(15)14-21;/h1-2,4-5,7-10H,3,6,11-14H2;1H. The fourth-order valence-electron chi connectivity index (χ4n) is 2.99. The second-order valence-corrected chi connectivity index (χ2v) is 6.26. The summed E-state index contributed by atoms with van der Waals surface area (Å²) in [4.78, 5) is 14.6. The predicted octanol–water partition coefficient (Wildman–Crippen LogP) is 4.78. The van der Waals surface area contributed by atoms with Crippen LogP contribution in [0.25, 0.3) is 0 Å². The lowest BCUT2D eigenvalue weighted by Crippen LogP contribution is -2.31. The Morgan fingerprint density at radius 3 is 2.48 bits per heavy atom. The van der Waals surface area contributed by atoms with Gasteiger partial charge in [0, 0.05) is 30.1 Å². The number of hydrogen-bond donors (Lipinski definition) is 0. The van der Waals surface area contributed by atoms with E-state index in [0.29, 0.717) is 11.4 Å². The molecule has 0 bridgehead atoms. The van der Waals surface area contributed by atoms with Gasteiger partial charge in [-0.1, -0.05) is 35.9 Å². The Morgan fingerprint density at radius 1 is 1.04 bits per heavy atom. The normalized spacial score (nSPS) is 14.0. The maximum absolute atomic E-state index is 12.1. The van der Waals surface area contributed by atoms with Gasteiger partial charge in [0.05, 0.1) is 0 Å². The van der Waals surface area contributed by atoms with Gasteiger partial charge in [0.25, 0.3) is 0 Å². The third kappa shape index (κ3) is 4.81. The Kier molecular flexibility index (Phi) is 6.64. The average molecular weight is 350 g/mol. The van der Waals surface area contributed by atoms with Gasteiger partial charge >= 0.3 is 0 Å². The van der Waals surface area contributed by atoms with Crippen molar-refractivity contribution in [1.82, 2.24) is 4.90 Å². The van der Waals surface area contributed by atoms with Crippen molar-refractivity contribution < 1.29 is 4.79 Å². The first kappa shape index (κ1) is 18.0. The first-order valence-corrected chi connectivity index (χ1v) is 8.18. The molecule has 2 aromatic carbocycles. The molecule has 0 atom stereocenters. The Balaban J connectivity index is 0.00000192. The lowest BCUT2D eigenvalue weighted by molar-refractivity contribution is 0.0973. The molecule has 0 radical (unpaired) electrons. The summed E-state index contributed by atoms with van der Waals surface area (Å²) in [5.41, 5.74) is 3.65. The minimum Gasteiger partial charge on any atom is -0.299 e. The number of carbonyl (C=O) groups is 1. The predicted molar refractivity (Wildman–Crippen MR) is 97.7 cm³/mol. The van der Waals surface area contributed by atoms with Crippen LogP contribution in [-0.4, -0.2) is 23.8 Å². The molecule has 0 spiro atoms. The van der Waals surface area contributed by atoms with E-state index in [1.54, 1.807) is 12.1 Å². The van der Waals surface area contributed by atoms with Gasteiger partial charge in [0.1, 0.15) is 0 Å². The molecule has 0 saturated carbocycles. The van der Waals surface area contributed by atoms with Crippen LogP contribution in [0.4, 0.5) is 0 Å². The SMILES string of the molecule is Cl.O=C(CCCN1CCc2ccccc2C1)c1ccc(Cl)cc1. The van der Waals surface area contributed by atoms with Crippen LogP contribution in [0.5, 0.6) is 0 Å². The van der Waals surface area contributed by atoms with E-state index in [9.17, 15) is 4.79 Å². The largest absolute Gasteiger partial charge is 0.299 e. The van der Waals surface area contributed by atoms with Crippen LogP contribution in [0.1, 0.15) is 34.3 Å². The molecular weight excluding hydrogens is 329 g/mol. The minimum atomic E-state index is 0. The maximum Gasteiger partial charge on any atom is 0.162 e. The molecule has 1 aliphatic heterocycles. The van der Waals surface area contributed by atoms with Crippen LogP contribution in [0.3, 0.4) is 0 Å². The Bertz CT molecular complexity index is 655.